The number of halogens is 1. The van der Waals surface area contributed by atoms with Gasteiger partial charge in [0.25, 0.3) is 5.91 Å². The van der Waals surface area contributed by atoms with Crippen LogP contribution in [0.1, 0.15) is 53.4 Å². The third-order valence-electron chi connectivity index (χ3n) is 7.44. The van der Waals surface area contributed by atoms with Crippen molar-refractivity contribution in [3.8, 4) is 11.5 Å². The van der Waals surface area contributed by atoms with Crippen LogP contribution in [-0.4, -0.2) is 68.0 Å². The summed E-state index contributed by atoms with van der Waals surface area (Å²) < 4.78 is 17.7. The minimum Gasteiger partial charge on any atom is -0.493 e. The number of hydrogen-bond acceptors (Lipinski definition) is 7. The van der Waals surface area contributed by atoms with Crippen LogP contribution in [0, 0.1) is 5.41 Å². The molecule has 0 aromatic heterocycles. The number of nitrogens with one attached hydrogen (secondary N) is 1. The number of methoxy groups -OCH3 is 2. The fourth-order valence-corrected chi connectivity index (χ4v) is 5.29. The Morgan fingerprint density at radius 2 is 1.77 bits per heavy atom. The first-order chi connectivity index (χ1) is 21.0. The molecule has 0 saturated heterocycles. The number of ether oxygens (including phenoxy) is 3. The number of carbonyl (C=O) groups is 3. The molecular formula is C33H37ClN2O8. The normalized spacial score (nSPS) is 16.6. The fourth-order valence-electron chi connectivity index (χ4n) is 5.11. The number of aliphatic hydroxyl groups excluding tert-OH is 1. The number of carboxylic acid groups (broad SMARTS) is 1. The van der Waals surface area contributed by atoms with Crippen molar-refractivity contribution >= 4 is 35.1 Å². The zero-order valence-electron chi connectivity index (χ0n) is 25.1. The Kier molecular flexibility index (Phi) is 10.5. The van der Waals surface area contributed by atoms with Gasteiger partial charge in [-0.25, -0.2) is 4.79 Å². The molecule has 11 heteroatoms. The van der Waals surface area contributed by atoms with Gasteiger partial charge in [-0.3, -0.25) is 9.59 Å². The highest BCUT2D eigenvalue weighted by Crippen LogP contribution is 2.45. The summed E-state index contributed by atoms with van der Waals surface area (Å²) in [5.74, 6) is -0.953. The number of carbonyl (C=O) groups excluding carboxylic acids is 2. The van der Waals surface area contributed by atoms with E-state index in [1.165, 1.54) is 26.4 Å². The van der Waals surface area contributed by atoms with Crippen LogP contribution < -0.4 is 19.7 Å². The minimum atomic E-state index is -1.19. The lowest BCUT2D eigenvalue weighted by molar-refractivity contribution is -0.138. The maximum Gasteiger partial charge on any atom is 0.335 e. The molecule has 0 aliphatic carbocycles. The van der Waals surface area contributed by atoms with Gasteiger partial charge in [0.05, 0.1) is 26.2 Å². The predicted molar refractivity (Wildman–Crippen MR) is 166 cm³/mol. The van der Waals surface area contributed by atoms with Gasteiger partial charge in [-0.05, 0) is 48.4 Å². The second-order valence-corrected chi connectivity index (χ2v) is 11.8. The van der Waals surface area contributed by atoms with Crippen LogP contribution in [0.2, 0.25) is 5.02 Å². The number of para-hydroxylation sites is 1. The summed E-state index contributed by atoms with van der Waals surface area (Å²) in [6.07, 6.45) is -1.84. The van der Waals surface area contributed by atoms with Crippen LogP contribution in [0.5, 0.6) is 11.5 Å². The van der Waals surface area contributed by atoms with Crippen molar-refractivity contribution < 1.29 is 38.8 Å². The van der Waals surface area contributed by atoms with Crippen LogP contribution in [-0.2, 0) is 20.7 Å². The van der Waals surface area contributed by atoms with Crippen LogP contribution in [0.4, 0.5) is 5.69 Å². The molecule has 1 aliphatic rings. The molecule has 0 radical (unpaired) electrons. The molecule has 3 aromatic carbocycles. The van der Waals surface area contributed by atoms with E-state index < -0.39 is 35.4 Å². The summed E-state index contributed by atoms with van der Waals surface area (Å²) in [4.78, 5) is 40.0. The highest BCUT2D eigenvalue weighted by atomic mass is 35.5. The van der Waals surface area contributed by atoms with Crippen LogP contribution in [0.15, 0.2) is 60.7 Å². The van der Waals surface area contributed by atoms with E-state index in [1.54, 1.807) is 53.4 Å². The van der Waals surface area contributed by atoms with E-state index in [0.29, 0.717) is 39.8 Å². The Labute approximate surface area is 261 Å². The van der Waals surface area contributed by atoms with Crippen molar-refractivity contribution in [3.63, 3.8) is 0 Å². The third-order valence-corrected chi connectivity index (χ3v) is 7.68. The second kappa shape index (κ2) is 14.1. The van der Waals surface area contributed by atoms with Crippen molar-refractivity contribution in [2.24, 2.45) is 5.41 Å². The van der Waals surface area contributed by atoms with Gasteiger partial charge >= 0.3 is 5.97 Å². The summed E-state index contributed by atoms with van der Waals surface area (Å²) in [6.45, 7) is 3.94. The maximum atomic E-state index is 14.2. The van der Waals surface area contributed by atoms with Crippen molar-refractivity contribution in [2.45, 2.75) is 38.9 Å². The van der Waals surface area contributed by atoms with E-state index in [0.717, 1.165) is 5.56 Å². The van der Waals surface area contributed by atoms with Gasteiger partial charge in [0.15, 0.2) is 11.5 Å². The number of aliphatic hydroxyl groups is 1. The van der Waals surface area contributed by atoms with Crippen molar-refractivity contribution in [2.75, 3.05) is 38.8 Å². The van der Waals surface area contributed by atoms with E-state index in [-0.39, 0.29) is 31.7 Å². The Balaban J connectivity index is 1.66. The van der Waals surface area contributed by atoms with Gasteiger partial charge < -0.3 is 34.6 Å². The number of benzene rings is 3. The number of anilines is 1. The number of nitrogens with zero attached hydrogens (tertiary/aromatic N) is 1. The van der Waals surface area contributed by atoms with E-state index in [2.05, 4.69) is 5.32 Å². The highest BCUT2D eigenvalue weighted by Gasteiger charge is 2.40. The van der Waals surface area contributed by atoms with E-state index >= 15 is 0 Å². The molecule has 4 rings (SSSR count). The molecule has 1 heterocycles. The summed E-state index contributed by atoms with van der Waals surface area (Å²) in [5, 5.41) is 22.4. The number of aromatic carboxylic acids is 1. The number of hydrogen-bond donors (Lipinski definition) is 3. The predicted octanol–water partition coefficient (Wildman–Crippen LogP) is 4.64. The fraction of sp³-hybridized carbons (Fsp3) is 0.364. The van der Waals surface area contributed by atoms with E-state index in [4.69, 9.17) is 30.9 Å². The van der Waals surface area contributed by atoms with Gasteiger partial charge in [0, 0.05) is 46.9 Å². The van der Waals surface area contributed by atoms with Crippen molar-refractivity contribution in [1.29, 1.82) is 0 Å². The summed E-state index contributed by atoms with van der Waals surface area (Å²) >= 11 is 6.46. The number of carboxylic acids is 1. The third kappa shape index (κ3) is 7.50. The maximum absolute atomic E-state index is 14.2. The van der Waals surface area contributed by atoms with Crippen LogP contribution in [0.3, 0.4) is 0 Å². The Hall–Kier alpha value is -4.12. The average molecular weight is 625 g/mol. The zero-order valence-corrected chi connectivity index (χ0v) is 25.9. The standard InChI is InChI=1S/C33H37ClN2O8/c1-33(2,19-37)18-36-25-13-12-22(34)16-24(25)29(23-6-5-7-26(42-3)30(23)43-4)44-27(31(36)39)17-28(38)35-15-14-20-8-10-21(11-9-20)32(40)41/h5-13,16,27,29,37H,14-15,17-19H2,1-4H3,(H,35,38)(H,40,41)/t27-,29-/m1/s1. The SMILES string of the molecule is COc1cccc([C@H]2O[C@H](CC(=O)NCCc3ccc(C(=O)O)cc3)C(=O)N(CC(C)(C)CO)c3ccc(Cl)cc32)c1OC. The molecule has 3 N–H and O–H groups in total. The molecular weight excluding hydrogens is 588 g/mol. The summed E-state index contributed by atoms with van der Waals surface area (Å²) in [7, 11) is 3.04. The number of fused-ring (bicyclic) bond motifs is 1. The lowest BCUT2D eigenvalue weighted by atomic mass is 9.92. The molecule has 0 spiro atoms. The number of amides is 2. The zero-order chi connectivity index (χ0) is 32.0. The van der Waals surface area contributed by atoms with E-state index in [1.807, 2.05) is 13.8 Å². The Bertz CT molecular complexity index is 1510. The van der Waals surface area contributed by atoms with Crippen LogP contribution >= 0.6 is 11.6 Å². The average Bonchev–Trinajstić information content (AvgIpc) is 3.11. The summed E-state index contributed by atoms with van der Waals surface area (Å²) in [6, 6.07) is 16.9. The Morgan fingerprint density at radius 3 is 2.41 bits per heavy atom. The molecule has 44 heavy (non-hydrogen) atoms. The van der Waals surface area contributed by atoms with Gasteiger partial charge in [0.2, 0.25) is 5.91 Å². The molecule has 234 valence electrons. The minimum absolute atomic E-state index is 0.159. The molecule has 0 fully saturated rings. The molecule has 10 nitrogen and oxygen atoms in total. The molecule has 3 aromatic rings. The first-order valence-corrected chi connectivity index (χ1v) is 14.5. The molecule has 2 atom stereocenters. The highest BCUT2D eigenvalue weighted by molar-refractivity contribution is 6.30. The largest absolute Gasteiger partial charge is 0.493 e. The molecule has 1 aliphatic heterocycles. The van der Waals surface area contributed by atoms with E-state index in [9.17, 15) is 19.5 Å². The Morgan fingerprint density at radius 1 is 1.05 bits per heavy atom. The second-order valence-electron chi connectivity index (χ2n) is 11.3. The smallest absolute Gasteiger partial charge is 0.335 e. The molecule has 0 bridgehead atoms. The number of rotatable bonds is 12. The first-order valence-electron chi connectivity index (χ1n) is 14.1. The van der Waals surface area contributed by atoms with Crippen molar-refractivity contribution in [3.05, 3.63) is 87.9 Å². The van der Waals surface area contributed by atoms with Gasteiger partial charge in [-0.15, -0.1) is 0 Å². The topological polar surface area (TPSA) is 135 Å². The van der Waals surface area contributed by atoms with Gasteiger partial charge in [-0.1, -0.05) is 49.7 Å². The van der Waals surface area contributed by atoms with Crippen LogP contribution in [0.25, 0.3) is 0 Å². The monoisotopic (exact) mass is 624 g/mol. The van der Waals surface area contributed by atoms with Gasteiger partial charge in [-0.2, -0.15) is 0 Å². The molecule has 0 saturated carbocycles. The summed E-state index contributed by atoms with van der Waals surface area (Å²) in [5.41, 5.74) is 2.10. The van der Waals surface area contributed by atoms with Crippen molar-refractivity contribution in [1.82, 2.24) is 5.32 Å². The molecule has 2 amide bonds. The quantitative estimate of drug-likeness (QED) is 0.265. The lowest BCUT2D eigenvalue weighted by Crippen LogP contribution is -2.46. The lowest BCUT2D eigenvalue weighted by Gasteiger charge is -2.32. The van der Waals surface area contributed by atoms with Gasteiger partial charge in [0.1, 0.15) is 12.2 Å². The molecule has 0 unspecified atom stereocenters. The first kappa shape index (κ1) is 32.8.